The van der Waals surface area contributed by atoms with E-state index in [0.717, 1.165) is 15.9 Å². The van der Waals surface area contributed by atoms with Crippen LogP contribution < -0.4 is 30.5 Å². The fraction of sp³-hybridized carbons (Fsp3) is 0.283. The van der Waals surface area contributed by atoms with E-state index < -0.39 is 26.3 Å². The molecule has 1 aliphatic rings. The summed E-state index contributed by atoms with van der Waals surface area (Å²) in [6.45, 7) is 7.33. The molecule has 1 aliphatic heterocycles. The van der Waals surface area contributed by atoms with E-state index in [1.54, 1.807) is 29.2 Å². The number of nitrogens with zero attached hydrogens (tertiary/aromatic N) is 4. The smallest absolute Gasteiger partial charge is 0.410 e. The number of aromatic nitrogens is 3. The van der Waals surface area contributed by atoms with Gasteiger partial charge in [-0.15, -0.1) is 0 Å². The average Bonchev–Trinajstić information content (AvgIpc) is 3.26. The average molecular weight is 829 g/mol. The van der Waals surface area contributed by atoms with Crippen molar-refractivity contribution in [3.8, 4) is 11.6 Å². The van der Waals surface area contributed by atoms with Crippen LogP contribution in [0.3, 0.4) is 0 Å². The molecule has 2 N–H and O–H groups in total. The number of nitrogens with one attached hydrogen (secondary N) is 2. The minimum Gasteiger partial charge on any atom is -0.481 e. The van der Waals surface area contributed by atoms with E-state index >= 15 is 4.39 Å². The molecule has 0 aliphatic carbocycles. The molecule has 1 atom stereocenters. The number of hydrogen-bond donors (Lipinski definition) is 2. The molecule has 14 heteroatoms. The van der Waals surface area contributed by atoms with E-state index in [4.69, 9.17) is 18.6 Å². The maximum Gasteiger partial charge on any atom is 0.410 e. The van der Waals surface area contributed by atoms with E-state index in [1.165, 1.54) is 13.3 Å². The molecule has 0 saturated heterocycles. The third-order valence-electron chi connectivity index (χ3n) is 10.4. The van der Waals surface area contributed by atoms with Crippen LogP contribution in [-0.4, -0.2) is 79.6 Å². The van der Waals surface area contributed by atoms with E-state index in [1.807, 2.05) is 66.7 Å². The highest BCUT2D eigenvalue weighted by Gasteiger charge is 2.51. The van der Waals surface area contributed by atoms with Crippen LogP contribution >= 0.6 is 0 Å². The molecule has 4 heterocycles. The largest absolute Gasteiger partial charge is 0.481 e. The summed E-state index contributed by atoms with van der Waals surface area (Å²) in [5.74, 6) is 0.319. The van der Waals surface area contributed by atoms with Gasteiger partial charge in [-0.2, -0.15) is 0 Å². The van der Waals surface area contributed by atoms with Gasteiger partial charge >= 0.3 is 6.09 Å². The minimum atomic E-state index is -3.17. The molecule has 0 saturated carbocycles. The lowest BCUT2D eigenvalue weighted by Crippen LogP contribution is -2.69. The number of anilines is 1. The van der Waals surface area contributed by atoms with Gasteiger partial charge in [0.2, 0.25) is 5.88 Å². The lowest BCUT2D eigenvalue weighted by Gasteiger charge is -2.45. The number of pyridine rings is 3. The van der Waals surface area contributed by atoms with Gasteiger partial charge in [-0.25, -0.2) is 19.2 Å². The number of carbonyl (C=O) groups excluding carboxylic acids is 2. The van der Waals surface area contributed by atoms with Gasteiger partial charge in [0, 0.05) is 18.2 Å². The summed E-state index contributed by atoms with van der Waals surface area (Å²) in [5.41, 5.74) is 2.75. The Kier molecular flexibility index (Phi) is 13.1. The van der Waals surface area contributed by atoms with Crippen LogP contribution in [0, 0.1) is 5.82 Å². The molecular weight excluding hydrogens is 780 g/mol. The number of ether oxygens (including phenoxy) is 3. The van der Waals surface area contributed by atoms with Gasteiger partial charge in [0.1, 0.15) is 12.4 Å². The Labute approximate surface area is 350 Å². The summed E-state index contributed by atoms with van der Waals surface area (Å²) in [6.07, 6.45) is 0.331. The summed E-state index contributed by atoms with van der Waals surface area (Å²) >= 11 is 0. The molecule has 1 unspecified atom stereocenters. The Morgan fingerprint density at radius 2 is 1.62 bits per heavy atom. The van der Waals surface area contributed by atoms with Crippen molar-refractivity contribution >= 4 is 47.5 Å². The molecule has 0 bridgehead atoms. The van der Waals surface area contributed by atoms with Crippen molar-refractivity contribution in [1.82, 2.24) is 25.2 Å². The fourth-order valence-electron chi connectivity index (χ4n) is 7.54. The fourth-order valence-corrected chi connectivity index (χ4v) is 12.2. The van der Waals surface area contributed by atoms with Crippen molar-refractivity contribution in [1.29, 1.82) is 0 Å². The molecule has 6 aromatic rings. The van der Waals surface area contributed by atoms with Gasteiger partial charge in [-0.1, -0.05) is 112 Å². The van der Waals surface area contributed by atoms with Crippen LogP contribution in [0.4, 0.5) is 15.0 Å². The molecule has 2 amide bonds. The lowest BCUT2D eigenvalue weighted by atomic mass is 10.1. The molecule has 12 nitrogen and oxygen atoms in total. The van der Waals surface area contributed by atoms with E-state index in [-0.39, 0.29) is 49.6 Å². The number of halogens is 1. The van der Waals surface area contributed by atoms with Crippen LogP contribution in [0.25, 0.3) is 11.0 Å². The number of rotatable bonds is 16. The third kappa shape index (κ3) is 9.62. The first-order chi connectivity index (χ1) is 29.0. The molecule has 0 spiro atoms. The molecule has 0 fully saturated rings. The Hall–Kier alpha value is -6.22. The van der Waals surface area contributed by atoms with Crippen molar-refractivity contribution in [2.24, 2.45) is 0 Å². The Bertz CT molecular complexity index is 2370. The number of hydrogen-bond acceptors (Lipinski definition) is 10. The van der Waals surface area contributed by atoms with Crippen LogP contribution in [0.5, 0.6) is 11.6 Å². The molecule has 0 radical (unpaired) electrons. The summed E-state index contributed by atoms with van der Waals surface area (Å²) in [5, 5.41) is 8.07. The Morgan fingerprint density at radius 3 is 2.28 bits per heavy atom. The van der Waals surface area contributed by atoms with Crippen molar-refractivity contribution in [3.05, 3.63) is 144 Å². The summed E-state index contributed by atoms with van der Waals surface area (Å²) < 4.78 is 39.9. The Balaban J connectivity index is 1.24. The van der Waals surface area contributed by atoms with Crippen LogP contribution in [-0.2, 0) is 33.5 Å². The Morgan fingerprint density at radius 1 is 0.933 bits per heavy atom. The van der Waals surface area contributed by atoms with Crippen molar-refractivity contribution in [2.45, 2.75) is 51.5 Å². The number of carbonyl (C=O) groups is 2. The van der Waals surface area contributed by atoms with Gasteiger partial charge in [0.05, 0.1) is 49.2 Å². The van der Waals surface area contributed by atoms with Gasteiger partial charge in [-0.05, 0) is 52.1 Å². The zero-order valence-electron chi connectivity index (χ0n) is 34.2. The van der Waals surface area contributed by atoms with E-state index in [0.29, 0.717) is 46.9 Å². The maximum atomic E-state index is 15.4. The second-order valence-corrected chi connectivity index (χ2v) is 19.8. The second-order valence-electron chi connectivity index (χ2n) is 15.6. The monoisotopic (exact) mass is 828 g/mol. The minimum absolute atomic E-state index is 0.0408. The topological polar surface area (TPSA) is 137 Å². The predicted octanol–water partition coefficient (Wildman–Crippen LogP) is 6.42. The second kappa shape index (κ2) is 18.8. The molecule has 60 heavy (non-hydrogen) atoms. The molecule has 7 rings (SSSR count). The maximum absolute atomic E-state index is 15.4. The highest BCUT2D eigenvalue weighted by Crippen LogP contribution is 2.38. The zero-order chi connectivity index (χ0) is 42.1. The van der Waals surface area contributed by atoms with Gasteiger partial charge in [0.15, 0.2) is 18.2 Å². The summed E-state index contributed by atoms with van der Waals surface area (Å²) in [7, 11) is -1.66. The van der Waals surface area contributed by atoms with Crippen molar-refractivity contribution in [3.63, 3.8) is 0 Å². The normalized spacial score (nSPS) is 13.2. The van der Waals surface area contributed by atoms with E-state index in [9.17, 15) is 9.59 Å². The summed E-state index contributed by atoms with van der Waals surface area (Å²) in [6, 6.07) is 37.0. The standard InChI is InChI=1S/C46H49FN6O6Si/c1-46(2,3)60(35-16-10-6-11-17-35,36-18-12-7-13-19-36)59-34(26-48-25-24-37-38(47)27-49-39-21-23-42(56-4)52-43(37)39)29-53(45(55)58-30-32-14-8-5-9-15-32)28-33-20-22-40-44(50-33)51-41(54)31-57-40/h5-23,27,34,48H,24-26,28-31H2,1-4H3,(H,50,51,54). The number of fused-ring (bicyclic) bond motifs is 2. The van der Waals surface area contributed by atoms with Crippen molar-refractivity contribution < 1.29 is 32.6 Å². The van der Waals surface area contributed by atoms with Crippen LogP contribution in [0.2, 0.25) is 5.04 Å². The lowest BCUT2D eigenvalue weighted by molar-refractivity contribution is -0.118. The van der Waals surface area contributed by atoms with Crippen LogP contribution in [0.15, 0.2) is 121 Å². The first kappa shape index (κ1) is 41.9. The molecule has 310 valence electrons. The highest BCUT2D eigenvalue weighted by molar-refractivity contribution is 6.99. The van der Waals surface area contributed by atoms with Crippen LogP contribution in [0.1, 0.15) is 37.6 Å². The predicted molar refractivity (Wildman–Crippen MR) is 231 cm³/mol. The zero-order valence-corrected chi connectivity index (χ0v) is 35.2. The molecular formula is C46H49FN6O6Si. The summed E-state index contributed by atoms with van der Waals surface area (Å²) in [4.78, 5) is 41.5. The molecule has 3 aromatic carbocycles. The molecule has 3 aromatic heterocycles. The quantitative estimate of drug-likeness (QED) is 0.0831. The van der Waals surface area contributed by atoms with Gasteiger partial charge in [0.25, 0.3) is 14.2 Å². The third-order valence-corrected chi connectivity index (χ3v) is 15.5. The van der Waals surface area contributed by atoms with Crippen molar-refractivity contribution in [2.75, 3.05) is 38.7 Å². The number of benzene rings is 3. The van der Waals surface area contributed by atoms with E-state index in [2.05, 4.69) is 70.6 Å². The first-order valence-corrected chi connectivity index (χ1v) is 21.8. The van der Waals surface area contributed by atoms with Gasteiger partial charge < -0.3 is 29.3 Å². The SMILES string of the molecule is COc1ccc2ncc(F)c(CCNCC(CN(Cc3ccc4c(n3)NC(=O)CO4)C(=O)OCc3ccccc3)O[Si](c3ccccc3)(c3ccccc3)C(C)(C)C)c2n1. The van der Waals surface area contributed by atoms with Gasteiger partial charge in [-0.3, -0.25) is 14.7 Å². The number of methoxy groups -OCH3 is 1. The first-order valence-electron chi connectivity index (χ1n) is 19.9. The number of amides is 2. The highest BCUT2D eigenvalue weighted by atomic mass is 28.4.